The molecule has 0 fully saturated rings. The molecule has 1 rings (SSSR count). The van der Waals surface area contributed by atoms with Crippen LogP contribution in [0.2, 0.25) is 0 Å². The number of nitrogens with two attached hydrogens (primary N) is 1. The fourth-order valence-corrected chi connectivity index (χ4v) is 1.71. The highest BCUT2D eigenvalue weighted by Gasteiger charge is 2.18. The van der Waals surface area contributed by atoms with Gasteiger partial charge in [-0.25, -0.2) is 0 Å². The monoisotopic (exact) mass is 207 g/mol. The highest BCUT2D eigenvalue weighted by molar-refractivity contribution is 5.67. The summed E-state index contributed by atoms with van der Waals surface area (Å²) in [5.74, 6) is -0.773. The molecule has 3 N–H and O–H groups in total. The summed E-state index contributed by atoms with van der Waals surface area (Å²) in [6, 6.07) is 7.60. The van der Waals surface area contributed by atoms with Crippen LogP contribution in [-0.2, 0) is 4.79 Å². The second-order valence-corrected chi connectivity index (χ2v) is 3.91. The van der Waals surface area contributed by atoms with Crippen LogP contribution in [0, 0.1) is 6.92 Å². The Labute approximate surface area is 89.9 Å². The summed E-state index contributed by atoms with van der Waals surface area (Å²) in [6.07, 6.45) is 0.00943. The Morgan fingerprint density at radius 1 is 1.47 bits per heavy atom. The Morgan fingerprint density at radius 2 is 2.07 bits per heavy atom. The second kappa shape index (κ2) is 4.94. The summed E-state index contributed by atoms with van der Waals surface area (Å²) in [5, 5.41) is 8.67. The highest BCUT2D eigenvalue weighted by Crippen LogP contribution is 2.22. The number of aryl methyl sites for hydroxylation is 1. The second-order valence-electron chi connectivity index (χ2n) is 3.91. The molecule has 0 saturated carbocycles. The van der Waals surface area contributed by atoms with Crippen LogP contribution in [-0.4, -0.2) is 17.1 Å². The van der Waals surface area contributed by atoms with Crippen LogP contribution < -0.4 is 5.73 Å². The van der Waals surface area contributed by atoms with Crippen LogP contribution in [0.5, 0.6) is 0 Å². The van der Waals surface area contributed by atoms with Crippen molar-refractivity contribution in [2.45, 2.75) is 32.2 Å². The first-order chi connectivity index (χ1) is 7.02. The first-order valence-electron chi connectivity index (χ1n) is 5.05. The minimum absolute atomic E-state index is 0.00943. The summed E-state index contributed by atoms with van der Waals surface area (Å²) in [6.45, 7) is 3.98. The SMILES string of the molecule is Cc1ccccc1C(C)C(N)CC(=O)O. The zero-order valence-corrected chi connectivity index (χ0v) is 9.10. The molecule has 1 aromatic carbocycles. The van der Waals surface area contributed by atoms with Crippen LogP contribution in [0.4, 0.5) is 0 Å². The van der Waals surface area contributed by atoms with Gasteiger partial charge in [0.25, 0.3) is 0 Å². The minimum atomic E-state index is -0.845. The molecule has 0 bridgehead atoms. The van der Waals surface area contributed by atoms with E-state index in [2.05, 4.69) is 0 Å². The standard InChI is InChI=1S/C12H17NO2/c1-8-5-3-4-6-10(8)9(2)11(13)7-12(14)15/h3-6,9,11H,7,13H2,1-2H3,(H,14,15). The molecule has 3 heteroatoms. The van der Waals surface area contributed by atoms with Crippen molar-refractivity contribution < 1.29 is 9.90 Å². The molecule has 0 aliphatic rings. The van der Waals surface area contributed by atoms with Gasteiger partial charge in [0.05, 0.1) is 6.42 Å². The number of benzene rings is 1. The van der Waals surface area contributed by atoms with Crippen molar-refractivity contribution in [3.63, 3.8) is 0 Å². The number of carboxylic acids is 1. The van der Waals surface area contributed by atoms with Gasteiger partial charge >= 0.3 is 5.97 Å². The molecule has 82 valence electrons. The molecule has 0 aliphatic heterocycles. The van der Waals surface area contributed by atoms with Crippen molar-refractivity contribution in [3.05, 3.63) is 35.4 Å². The molecule has 1 aromatic rings. The maximum atomic E-state index is 10.6. The third-order valence-electron chi connectivity index (χ3n) is 2.73. The molecule has 2 unspecified atom stereocenters. The van der Waals surface area contributed by atoms with E-state index < -0.39 is 5.97 Å². The first-order valence-corrected chi connectivity index (χ1v) is 5.05. The van der Waals surface area contributed by atoms with Gasteiger partial charge in [-0.1, -0.05) is 31.2 Å². The normalized spacial score (nSPS) is 14.6. The zero-order chi connectivity index (χ0) is 11.4. The molecule has 0 aliphatic carbocycles. The summed E-state index contributed by atoms with van der Waals surface area (Å²) in [4.78, 5) is 10.6. The molecular weight excluding hydrogens is 190 g/mol. The maximum absolute atomic E-state index is 10.6. The van der Waals surface area contributed by atoms with Gasteiger partial charge in [0.2, 0.25) is 0 Å². The maximum Gasteiger partial charge on any atom is 0.304 e. The van der Waals surface area contributed by atoms with E-state index in [1.54, 1.807) is 0 Å². The number of hydrogen-bond acceptors (Lipinski definition) is 2. The summed E-state index contributed by atoms with van der Waals surface area (Å²) in [5.41, 5.74) is 8.13. The smallest absolute Gasteiger partial charge is 0.304 e. The quantitative estimate of drug-likeness (QED) is 0.792. The van der Waals surface area contributed by atoms with Crippen LogP contribution in [0.3, 0.4) is 0 Å². The van der Waals surface area contributed by atoms with Gasteiger partial charge in [-0.2, -0.15) is 0 Å². The lowest BCUT2D eigenvalue weighted by Gasteiger charge is -2.20. The number of aliphatic carboxylic acids is 1. The van der Waals surface area contributed by atoms with Gasteiger partial charge in [0, 0.05) is 6.04 Å². The van der Waals surface area contributed by atoms with Crippen molar-refractivity contribution in [1.29, 1.82) is 0 Å². The molecule has 0 aromatic heterocycles. The van der Waals surface area contributed by atoms with Crippen molar-refractivity contribution >= 4 is 5.97 Å². The molecule has 0 spiro atoms. The van der Waals surface area contributed by atoms with Gasteiger partial charge in [0.15, 0.2) is 0 Å². The number of carbonyl (C=O) groups is 1. The topological polar surface area (TPSA) is 63.3 Å². The predicted molar refractivity (Wildman–Crippen MR) is 59.8 cm³/mol. The van der Waals surface area contributed by atoms with E-state index in [1.165, 1.54) is 0 Å². The summed E-state index contributed by atoms with van der Waals surface area (Å²) in [7, 11) is 0. The van der Waals surface area contributed by atoms with E-state index in [1.807, 2.05) is 38.1 Å². The molecule has 0 radical (unpaired) electrons. The van der Waals surface area contributed by atoms with Gasteiger partial charge < -0.3 is 10.8 Å². The highest BCUT2D eigenvalue weighted by atomic mass is 16.4. The van der Waals surface area contributed by atoms with Crippen LogP contribution >= 0.6 is 0 Å². The van der Waals surface area contributed by atoms with Gasteiger partial charge in [-0.15, -0.1) is 0 Å². The lowest BCUT2D eigenvalue weighted by molar-refractivity contribution is -0.137. The minimum Gasteiger partial charge on any atom is -0.481 e. The molecule has 0 heterocycles. The molecule has 0 saturated heterocycles. The number of rotatable bonds is 4. The van der Waals surface area contributed by atoms with E-state index in [0.29, 0.717) is 0 Å². The van der Waals surface area contributed by atoms with Gasteiger partial charge in [-0.05, 0) is 24.0 Å². The van der Waals surface area contributed by atoms with Crippen molar-refractivity contribution in [2.75, 3.05) is 0 Å². The lowest BCUT2D eigenvalue weighted by Crippen LogP contribution is -2.29. The lowest BCUT2D eigenvalue weighted by atomic mass is 9.89. The Morgan fingerprint density at radius 3 is 2.60 bits per heavy atom. The third kappa shape index (κ3) is 3.06. The Bertz CT molecular complexity index is 349. The molecule has 15 heavy (non-hydrogen) atoms. The van der Waals surface area contributed by atoms with Gasteiger partial charge in [0.1, 0.15) is 0 Å². The molecule has 0 amide bonds. The average Bonchev–Trinajstić information content (AvgIpc) is 2.16. The molecule has 3 nitrogen and oxygen atoms in total. The molecule has 2 atom stereocenters. The number of hydrogen-bond donors (Lipinski definition) is 2. The van der Waals surface area contributed by atoms with E-state index in [-0.39, 0.29) is 18.4 Å². The Kier molecular flexibility index (Phi) is 3.86. The van der Waals surface area contributed by atoms with E-state index in [9.17, 15) is 4.79 Å². The van der Waals surface area contributed by atoms with E-state index in [0.717, 1.165) is 11.1 Å². The van der Waals surface area contributed by atoms with Crippen molar-refractivity contribution in [1.82, 2.24) is 0 Å². The third-order valence-corrected chi connectivity index (χ3v) is 2.73. The largest absolute Gasteiger partial charge is 0.481 e. The Balaban J connectivity index is 2.80. The van der Waals surface area contributed by atoms with Crippen LogP contribution in [0.1, 0.15) is 30.4 Å². The van der Waals surface area contributed by atoms with E-state index >= 15 is 0 Å². The summed E-state index contributed by atoms with van der Waals surface area (Å²) < 4.78 is 0. The predicted octanol–water partition coefficient (Wildman–Crippen LogP) is 1.90. The van der Waals surface area contributed by atoms with Crippen LogP contribution in [0.15, 0.2) is 24.3 Å². The first kappa shape index (κ1) is 11.7. The van der Waals surface area contributed by atoms with E-state index in [4.69, 9.17) is 10.8 Å². The fraction of sp³-hybridized carbons (Fsp3) is 0.417. The number of carboxylic acid groups (broad SMARTS) is 1. The van der Waals surface area contributed by atoms with Crippen molar-refractivity contribution in [2.24, 2.45) is 5.73 Å². The fourth-order valence-electron chi connectivity index (χ4n) is 1.71. The zero-order valence-electron chi connectivity index (χ0n) is 9.10. The van der Waals surface area contributed by atoms with Crippen LogP contribution in [0.25, 0.3) is 0 Å². The van der Waals surface area contributed by atoms with Gasteiger partial charge in [-0.3, -0.25) is 4.79 Å². The van der Waals surface area contributed by atoms with Crippen molar-refractivity contribution in [3.8, 4) is 0 Å². The molecular formula is C12H17NO2. The summed E-state index contributed by atoms with van der Waals surface area (Å²) >= 11 is 0. The average molecular weight is 207 g/mol. The Hall–Kier alpha value is -1.35.